The number of benzene rings is 2. The molecule has 2 aromatic carbocycles. The van der Waals surface area contributed by atoms with Crippen molar-refractivity contribution in [3.63, 3.8) is 0 Å². The predicted molar refractivity (Wildman–Crippen MR) is 123 cm³/mol. The highest BCUT2D eigenvalue weighted by molar-refractivity contribution is 9.10. The maximum Gasteiger partial charge on any atom is 0.338 e. The maximum atomic E-state index is 13.4. The van der Waals surface area contributed by atoms with Crippen molar-refractivity contribution in [2.75, 3.05) is 6.61 Å². The minimum absolute atomic E-state index is 0.0667. The summed E-state index contributed by atoms with van der Waals surface area (Å²) >= 11 is 4.60. The normalized spacial score (nSPS) is 16.1. The van der Waals surface area contributed by atoms with E-state index < -0.39 is 12.0 Å². The van der Waals surface area contributed by atoms with E-state index >= 15 is 0 Å². The SMILES string of the molecule is CCOC(=O)C1=C(C)N=c2s/c(=C/c3cc(Br)ccc3O)c(=O)n2[C@H]1c1ccccc1. The summed E-state index contributed by atoms with van der Waals surface area (Å²) in [6.45, 7) is 3.72. The lowest BCUT2D eigenvalue weighted by Crippen LogP contribution is -2.39. The highest BCUT2D eigenvalue weighted by atomic mass is 79.9. The van der Waals surface area contributed by atoms with Crippen LogP contribution >= 0.6 is 27.3 Å². The van der Waals surface area contributed by atoms with Gasteiger partial charge >= 0.3 is 5.97 Å². The number of phenols is 1. The van der Waals surface area contributed by atoms with Crippen LogP contribution in [0.15, 0.2) is 74.1 Å². The minimum atomic E-state index is -0.644. The Balaban J connectivity index is 1.97. The quantitative estimate of drug-likeness (QED) is 0.559. The molecule has 0 amide bonds. The Hall–Kier alpha value is -2.97. The Morgan fingerprint density at radius 3 is 2.74 bits per heavy atom. The van der Waals surface area contributed by atoms with Crippen molar-refractivity contribution in [3.8, 4) is 5.75 Å². The lowest BCUT2D eigenvalue weighted by Gasteiger charge is -2.24. The van der Waals surface area contributed by atoms with Gasteiger partial charge in [0.1, 0.15) is 5.75 Å². The molecule has 0 fully saturated rings. The summed E-state index contributed by atoms with van der Waals surface area (Å²) in [6, 6.07) is 13.7. The van der Waals surface area contributed by atoms with Crippen LogP contribution in [0.1, 0.15) is 31.0 Å². The number of ether oxygens (including phenoxy) is 1. The summed E-state index contributed by atoms with van der Waals surface area (Å²) < 4.78 is 8.00. The highest BCUT2D eigenvalue weighted by Crippen LogP contribution is 2.30. The Kier molecular flexibility index (Phi) is 5.93. The van der Waals surface area contributed by atoms with Gasteiger partial charge in [-0.3, -0.25) is 9.36 Å². The van der Waals surface area contributed by atoms with Gasteiger partial charge in [0, 0.05) is 10.0 Å². The lowest BCUT2D eigenvalue weighted by atomic mass is 9.96. The first-order chi connectivity index (χ1) is 14.9. The Morgan fingerprint density at radius 2 is 2.03 bits per heavy atom. The molecule has 0 aliphatic carbocycles. The van der Waals surface area contributed by atoms with Crippen molar-refractivity contribution >= 4 is 39.3 Å². The number of fused-ring (bicyclic) bond motifs is 1. The average molecular weight is 499 g/mol. The number of rotatable bonds is 4. The van der Waals surface area contributed by atoms with Gasteiger partial charge in [-0.15, -0.1) is 0 Å². The summed E-state index contributed by atoms with van der Waals surface area (Å²) in [6.07, 6.45) is 1.63. The van der Waals surface area contributed by atoms with Gasteiger partial charge in [0.25, 0.3) is 5.56 Å². The second-order valence-electron chi connectivity index (χ2n) is 6.92. The zero-order valence-electron chi connectivity index (χ0n) is 16.8. The van der Waals surface area contributed by atoms with Gasteiger partial charge in [0.15, 0.2) is 4.80 Å². The Morgan fingerprint density at radius 1 is 1.29 bits per heavy atom. The van der Waals surface area contributed by atoms with Gasteiger partial charge in [0.05, 0.1) is 28.5 Å². The molecular formula is C23H19BrN2O4S. The van der Waals surface area contributed by atoms with E-state index in [0.29, 0.717) is 26.2 Å². The van der Waals surface area contributed by atoms with Crippen LogP contribution in [0.5, 0.6) is 5.75 Å². The summed E-state index contributed by atoms with van der Waals surface area (Å²) in [5.41, 5.74) is 1.88. The van der Waals surface area contributed by atoms with Crippen molar-refractivity contribution in [1.82, 2.24) is 4.57 Å². The molecule has 3 aromatic rings. The molecule has 0 radical (unpaired) electrons. The molecule has 1 atom stereocenters. The summed E-state index contributed by atoms with van der Waals surface area (Å²) in [5.74, 6) is -0.423. The van der Waals surface area contributed by atoms with Crippen LogP contribution < -0.4 is 14.9 Å². The second kappa shape index (κ2) is 8.64. The number of halogens is 1. The number of phenolic OH excluding ortho intramolecular Hbond substituents is 1. The van der Waals surface area contributed by atoms with E-state index in [-0.39, 0.29) is 17.9 Å². The van der Waals surface area contributed by atoms with E-state index in [1.54, 1.807) is 38.1 Å². The number of carbonyl (C=O) groups is 1. The number of esters is 1. The minimum Gasteiger partial charge on any atom is -0.507 e. The zero-order valence-corrected chi connectivity index (χ0v) is 19.2. The number of hydrogen-bond acceptors (Lipinski definition) is 6. The van der Waals surface area contributed by atoms with Crippen molar-refractivity contribution in [2.24, 2.45) is 4.99 Å². The smallest absolute Gasteiger partial charge is 0.338 e. The van der Waals surface area contributed by atoms with Crippen molar-refractivity contribution < 1.29 is 14.6 Å². The number of hydrogen-bond donors (Lipinski definition) is 1. The van der Waals surface area contributed by atoms with Gasteiger partial charge in [-0.05, 0) is 43.7 Å². The van der Waals surface area contributed by atoms with Crippen LogP contribution in [0.25, 0.3) is 6.08 Å². The molecule has 8 heteroatoms. The molecule has 0 saturated carbocycles. The standard InChI is InChI=1S/C23H19BrN2O4S/c1-3-30-22(29)19-13(2)25-23-26(20(19)14-7-5-4-6-8-14)21(28)18(31-23)12-15-11-16(24)9-10-17(15)27/h4-12,20,27H,3H2,1-2H3/b18-12+/t20-/m0/s1. The topological polar surface area (TPSA) is 80.9 Å². The average Bonchev–Trinajstić information content (AvgIpc) is 3.05. The summed E-state index contributed by atoms with van der Waals surface area (Å²) in [7, 11) is 0. The highest BCUT2D eigenvalue weighted by Gasteiger charge is 2.33. The molecule has 31 heavy (non-hydrogen) atoms. The molecule has 1 aliphatic rings. The molecule has 0 unspecified atom stereocenters. The van der Waals surface area contributed by atoms with E-state index in [9.17, 15) is 14.7 Å². The number of nitrogens with zero attached hydrogens (tertiary/aromatic N) is 2. The fourth-order valence-corrected chi connectivity index (χ4v) is 4.94. The van der Waals surface area contributed by atoms with Crippen molar-refractivity contribution in [1.29, 1.82) is 0 Å². The van der Waals surface area contributed by atoms with Crippen LogP contribution in [0.4, 0.5) is 0 Å². The first kappa shape index (κ1) is 21.3. The molecule has 0 saturated heterocycles. The third kappa shape index (κ3) is 4.00. The third-order valence-corrected chi connectivity index (χ3v) is 6.38. The lowest BCUT2D eigenvalue weighted by molar-refractivity contribution is -0.139. The molecule has 1 N–H and O–H groups in total. The molecule has 1 aromatic heterocycles. The molecule has 0 bridgehead atoms. The van der Waals surface area contributed by atoms with E-state index in [1.807, 2.05) is 30.3 Å². The van der Waals surface area contributed by atoms with Crippen LogP contribution in [-0.2, 0) is 9.53 Å². The fourth-order valence-electron chi connectivity index (χ4n) is 3.52. The number of allylic oxidation sites excluding steroid dienone is 1. The van der Waals surface area contributed by atoms with E-state index in [4.69, 9.17) is 4.74 Å². The number of carbonyl (C=O) groups excluding carboxylic acids is 1. The van der Waals surface area contributed by atoms with Crippen molar-refractivity contribution in [2.45, 2.75) is 19.9 Å². The van der Waals surface area contributed by atoms with E-state index in [1.165, 1.54) is 15.9 Å². The predicted octanol–water partition coefficient (Wildman–Crippen LogP) is 3.27. The monoisotopic (exact) mass is 498 g/mol. The van der Waals surface area contributed by atoms with E-state index in [0.717, 1.165) is 10.0 Å². The number of thiazole rings is 1. The van der Waals surface area contributed by atoms with Gasteiger partial charge in [-0.25, -0.2) is 9.79 Å². The van der Waals surface area contributed by atoms with Crippen LogP contribution in [0, 0.1) is 0 Å². The molecule has 158 valence electrons. The first-order valence-corrected chi connectivity index (χ1v) is 11.2. The number of aromatic nitrogens is 1. The Labute approximate surface area is 190 Å². The van der Waals surface area contributed by atoms with Gasteiger partial charge in [0.2, 0.25) is 0 Å². The fraction of sp³-hybridized carbons (Fsp3) is 0.174. The second-order valence-corrected chi connectivity index (χ2v) is 8.84. The summed E-state index contributed by atoms with van der Waals surface area (Å²) in [4.78, 5) is 31.3. The Bertz CT molecular complexity index is 1370. The number of aromatic hydroxyl groups is 1. The van der Waals surface area contributed by atoms with Crippen LogP contribution in [0.2, 0.25) is 0 Å². The molecule has 4 rings (SSSR count). The van der Waals surface area contributed by atoms with Crippen molar-refractivity contribution in [3.05, 3.63) is 95.1 Å². The molecule has 6 nitrogen and oxygen atoms in total. The third-order valence-electron chi connectivity index (χ3n) is 4.91. The van der Waals surface area contributed by atoms with Crippen LogP contribution in [0.3, 0.4) is 0 Å². The zero-order chi connectivity index (χ0) is 22.1. The first-order valence-electron chi connectivity index (χ1n) is 9.64. The van der Waals surface area contributed by atoms with Crippen LogP contribution in [-0.4, -0.2) is 22.2 Å². The van der Waals surface area contributed by atoms with E-state index in [2.05, 4.69) is 20.9 Å². The van der Waals surface area contributed by atoms with Gasteiger partial charge < -0.3 is 9.84 Å². The van der Waals surface area contributed by atoms with Gasteiger partial charge in [-0.2, -0.15) is 0 Å². The molecule has 1 aliphatic heterocycles. The summed E-state index contributed by atoms with van der Waals surface area (Å²) in [5, 5.41) is 10.2. The maximum absolute atomic E-state index is 13.4. The molecule has 0 spiro atoms. The molecule has 2 heterocycles. The largest absolute Gasteiger partial charge is 0.507 e. The van der Waals surface area contributed by atoms with Gasteiger partial charge in [-0.1, -0.05) is 57.6 Å². The molecular weight excluding hydrogens is 480 g/mol.